The molecule has 0 rings (SSSR count). The van der Waals surface area contributed by atoms with Crippen molar-refractivity contribution in [3.8, 4) is 0 Å². The van der Waals surface area contributed by atoms with Crippen LogP contribution in [-0.2, 0) is 0 Å². The highest BCUT2D eigenvalue weighted by molar-refractivity contribution is 4.79. The molecule has 0 N–H and O–H groups in total. The molecule has 0 aromatic rings. The lowest BCUT2D eigenvalue weighted by molar-refractivity contribution is 0.156. The van der Waals surface area contributed by atoms with Gasteiger partial charge in [0.15, 0.2) is 0 Å². The van der Waals surface area contributed by atoms with Crippen LogP contribution in [0.3, 0.4) is 0 Å². The topological polar surface area (TPSA) is 0 Å². The smallest absolute Gasteiger partial charge is 0.0236 e. The summed E-state index contributed by atoms with van der Waals surface area (Å²) in [4.78, 5) is 0. The van der Waals surface area contributed by atoms with Crippen LogP contribution in [0.15, 0.2) is 0 Å². The van der Waals surface area contributed by atoms with Crippen LogP contribution < -0.4 is 0 Å². The molecule has 0 aromatic heterocycles. The molecule has 0 radical (unpaired) electrons. The maximum atomic E-state index is 7.61. The van der Waals surface area contributed by atoms with Gasteiger partial charge < -0.3 is 0 Å². The lowest BCUT2D eigenvalue weighted by Gasteiger charge is -2.36. The third-order valence-electron chi connectivity index (χ3n) is 2.82. The van der Waals surface area contributed by atoms with E-state index in [4.69, 9.17) is 1.37 Å². The van der Waals surface area contributed by atoms with Crippen molar-refractivity contribution in [1.29, 1.82) is 0 Å². The zero-order valence-electron chi connectivity index (χ0n) is 13.9. The number of hydrogen-bond acceptors (Lipinski definition) is 0. The second-order valence-corrected chi connectivity index (χ2v) is 8.58. The first-order valence-corrected chi connectivity index (χ1v) is 6.66. The van der Waals surface area contributed by atoms with E-state index in [1.165, 1.54) is 12.8 Å². The standard InChI is InChI=1S/C16H34/c1-13(10-14(2,3)4)11-16(8,9)12-15(5,6)7/h13H,10-12H2,1-9H3/i5D. The molecule has 16 heavy (non-hydrogen) atoms. The van der Waals surface area contributed by atoms with Crippen molar-refractivity contribution in [3.63, 3.8) is 0 Å². The largest absolute Gasteiger partial charge is 0.0625 e. The third-order valence-corrected chi connectivity index (χ3v) is 2.82. The van der Waals surface area contributed by atoms with Gasteiger partial charge in [0.1, 0.15) is 0 Å². The van der Waals surface area contributed by atoms with E-state index in [2.05, 4.69) is 55.4 Å². The minimum Gasteiger partial charge on any atom is -0.0625 e. The molecule has 0 saturated heterocycles. The molecular weight excluding hydrogens is 192 g/mol. The zero-order valence-corrected chi connectivity index (χ0v) is 12.9. The molecule has 0 nitrogen and oxygen atoms in total. The van der Waals surface area contributed by atoms with E-state index in [0.29, 0.717) is 17.7 Å². The average molecular weight is 227 g/mol. The second kappa shape index (κ2) is 5.10. The number of hydrogen-bond donors (Lipinski definition) is 0. The summed E-state index contributed by atoms with van der Waals surface area (Å²) >= 11 is 0. The average Bonchev–Trinajstić information content (AvgIpc) is 1.96. The van der Waals surface area contributed by atoms with Gasteiger partial charge in [-0.05, 0) is 41.4 Å². The molecule has 0 heteroatoms. The molecule has 0 saturated carbocycles. The zero-order chi connectivity index (χ0) is 13.9. The molecule has 0 aromatic carbocycles. The van der Waals surface area contributed by atoms with Gasteiger partial charge in [-0.15, -0.1) is 0 Å². The third kappa shape index (κ3) is 9.24. The molecular formula is C16H34. The van der Waals surface area contributed by atoms with E-state index in [1.807, 2.05) is 0 Å². The lowest BCUT2D eigenvalue weighted by Crippen LogP contribution is -2.24. The van der Waals surface area contributed by atoms with Gasteiger partial charge in [0.2, 0.25) is 0 Å². The fourth-order valence-corrected chi connectivity index (χ4v) is 3.43. The van der Waals surface area contributed by atoms with Crippen molar-refractivity contribution in [2.24, 2.45) is 22.2 Å². The number of rotatable bonds is 4. The van der Waals surface area contributed by atoms with Crippen LogP contribution in [0.2, 0.25) is 0 Å². The molecule has 0 spiro atoms. The highest BCUT2D eigenvalue weighted by Gasteiger charge is 2.28. The predicted molar refractivity (Wildman–Crippen MR) is 75.7 cm³/mol. The summed E-state index contributed by atoms with van der Waals surface area (Å²) in [6.45, 7) is 19.0. The molecule has 98 valence electrons. The summed E-state index contributed by atoms with van der Waals surface area (Å²) < 4.78 is 7.61. The fraction of sp³-hybridized carbons (Fsp3) is 1.00. The Kier molecular flexibility index (Phi) is 4.49. The molecule has 0 bridgehead atoms. The van der Waals surface area contributed by atoms with E-state index in [1.54, 1.807) is 0 Å². The molecule has 0 aliphatic heterocycles. The van der Waals surface area contributed by atoms with Crippen molar-refractivity contribution in [3.05, 3.63) is 0 Å². The van der Waals surface area contributed by atoms with Gasteiger partial charge in [-0.3, -0.25) is 0 Å². The van der Waals surface area contributed by atoms with Crippen LogP contribution in [-0.4, -0.2) is 0 Å². The van der Waals surface area contributed by atoms with Crippen LogP contribution in [0.1, 0.15) is 82.9 Å². The van der Waals surface area contributed by atoms with Gasteiger partial charge in [-0.1, -0.05) is 62.3 Å². The molecule has 1 atom stereocenters. The highest BCUT2D eigenvalue weighted by Crippen LogP contribution is 2.40. The normalized spacial score (nSPS) is 17.1. The Morgan fingerprint density at radius 3 is 1.75 bits per heavy atom. The summed E-state index contributed by atoms with van der Waals surface area (Å²) in [5, 5.41) is 0. The monoisotopic (exact) mass is 227 g/mol. The molecule has 0 aliphatic rings. The minimum atomic E-state index is 0.158. The molecule has 0 fully saturated rings. The van der Waals surface area contributed by atoms with Gasteiger partial charge in [-0.25, -0.2) is 0 Å². The van der Waals surface area contributed by atoms with Crippen LogP contribution in [0.4, 0.5) is 0 Å². The Hall–Kier alpha value is 0. The Morgan fingerprint density at radius 1 is 0.875 bits per heavy atom. The Labute approximate surface area is 106 Å². The molecule has 0 aliphatic carbocycles. The van der Waals surface area contributed by atoms with Gasteiger partial charge in [-0.2, -0.15) is 0 Å². The van der Waals surface area contributed by atoms with E-state index >= 15 is 0 Å². The summed E-state index contributed by atoms with van der Waals surface area (Å²) in [6, 6.07) is 0. The quantitative estimate of drug-likeness (QED) is 0.560. The van der Waals surface area contributed by atoms with Crippen molar-refractivity contribution in [2.75, 3.05) is 0 Å². The summed E-state index contributed by atoms with van der Waals surface area (Å²) in [5.74, 6) is 0.770. The van der Waals surface area contributed by atoms with Crippen molar-refractivity contribution in [1.82, 2.24) is 0 Å². The van der Waals surface area contributed by atoms with Crippen LogP contribution in [0.5, 0.6) is 0 Å². The van der Waals surface area contributed by atoms with Crippen LogP contribution >= 0.6 is 0 Å². The van der Waals surface area contributed by atoms with E-state index in [9.17, 15) is 0 Å². The van der Waals surface area contributed by atoms with Crippen LogP contribution in [0, 0.1) is 22.2 Å². The van der Waals surface area contributed by atoms with Gasteiger partial charge in [0.05, 0.1) is 0 Å². The van der Waals surface area contributed by atoms with E-state index in [-0.39, 0.29) is 5.41 Å². The lowest BCUT2D eigenvalue weighted by atomic mass is 9.70. The SMILES string of the molecule is [2H]CC(C)(C)CC(C)(C)CC(C)CC(C)(C)C. The van der Waals surface area contributed by atoms with Crippen molar-refractivity contribution < 1.29 is 1.37 Å². The van der Waals surface area contributed by atoms with Crippen LogP contribution in [0.25, 0.3) is 0 Å². The fourth-order valence-electron chi connectivity index (χ4n) is 3.43. The first-order chi connectivity index (χ1) is 7.37. The van der Waals surface area contributed by atoms with Crippen molar-refractivity contribution >= 4 is 0 Å². The van der Waals surface area contributed by atoms with Gasteiger partial charge >= 0.3 is 0 Å². The predicted octanol–water partition coefficient (Wildman–Crippen LogP) is 5.91. The summed E-state index contributed by atoms with van der Waals surface area (Å²) in [7, 11) is 0. The van der Waals surface area contributed by atoms with E-state index < -0.39 is 0 Å². The highest BCUT2D eigenvalue weighted by atomic mass is 14.3. The maximum absolute atomic E-state index is 7.61. The summed E-state index contributed by atoms with van der Waals surface area (Å²) in [5.41, 5.74) is 0.945. The molecule has 1 unspecified atom stereocenters. The van der Waals surface area contributed by atoms with Gasteiger partial charge in [0, 0.05) is 1.37 Å². The second-order valence-electron chi connectivity index (χ2n) is 8.58. The Morgan fingerprint density at radius 2 is 1.38 bits per heavy atom. The first kappa shape index (κ1) is 14.1. The Bertz CT molecular complexity index is 220. The van der Waals surface area contributed by atoms with Gasteiger partial charge in [0.25, 0.3) is 0 Å². The minimum absolute atomic E-state index is 0.158. The van der Waals surface area contributed by atoms with Crippen molar-refractivity contribution in [2.45, 2.75) is 81.6 Å². The molecule has 0 heterocycles. The Balaban J connectivity index is 4.35. The molecule has 0 amide bonds. The first-order valence-electron chi connectivity index (χ1n) is 7.37. The summed E-state index contributed by atoms with van der Waals surface area (Å²) in [6.07, 6.45) is 3.71. The maximum Gasteiger partial charge on any atom is 0.0236 e. The van der Waals surface area contributed by atoms with E-state index in [0.717, 1.165) is 12.3 Å².